The fourth-order valence-electron chi connectivity index (χ4n) is 1.50. The topological polar surface area (TPSA) is 35.2 Å². The van der Waals surface area contributed by atoms with Gasteiger partial charge in [0.05, 0.1) is 0 Å². The molecule has 0 spiro atoms. The summed E-state index contributed by atoms with van der Waals surface area (Å²) in [7, 11) is -1.00. The smallest absolute Gasteiger partial charge is 0.193 e. The van der Waals surface area contributed by atoms with Crippen molar-refractivity contribution in [3.8, 4) is 0 Å². The Morgan fingerprint density at radius 3 is 2.55 bits per heavy atom. The van der Waals surface area contributed by atoms with Crippen molar-refractivity contribution in [1.82, 2.24) is 0 Å². The summed E-state index contributed by atoms with van der Waals surface area (Å²) in [6.45, 7) is 5.35. The summed E-state index contributed by atoms with van der Waals surface area (Å²) in [4.78, 5) is 0. The van der Waals surface area contributed by atoms with Gasteiger partial charge in [0.1, 0.15) is 0 Å². The van der Waals surface area contributed by atoms with E-state index in [1.807, 2.05) is 0 Å². The zero-order chi connectivity index (χ0) is 8.27. The van der Waals surface area contributed by atoms with Gasteiger partial charge in [-0.2, -0.15) is 0 Å². The first-order chi connectivity index (χ1) is 5.22. The molecule has 66 valence electrons. The minimum absolute atomic E-state index is 0.371. The van der Waals surface area contributed by atoms with Gasteiger partial charge in [0, 0.05) is 12.3 Å². The van der Waals surface area contributed by atoms with Crippen LogP contribution in [0.2, 0.25) is 6.04 Å². The van der Waals surface area contributed by atoms with E-state index >= 15 is 0 Å². The quantitative estimate of drug-likeness (QED) is 0.633. The zero-order valence-corrected chi connectivity index (χ0v) is 8.70. The van der Waals surface area contributed by atoms with Gasteiger partial charge >= 0.3 is 0 Å². The lowest BCUT2D eigenvalue weighted by molar-refractivity contribution is 0.273. The predicted molar refractivity (Wildman–Crippen MR) is 50.0 cm³/mol. The highest BCUT2D eigenvalue weighted by atomic mass is 28.3. The predicted octanol–water partition coefficient (Wildman–Crippen LogP) is 1.04. The largest absolute Gasteiger partial charge is 0.418 e. The van der Waals surface area contributed by atoms with Gasteiger partial charge in [0.2, 0.25) is 0 Å². The van der Waals surface area contributed by atoms with Crippen LogP contribution in [-0.2, 0) is 4.43 Å². The minimum atomic E-state index is -1.00. The highest BCUT2D eigenvalue weighted by molar-refractivity contribution is 6.53. The molecule has 2 unspecified atom stereocenters. The van der Waals surface area contributed by atoms with Crippen LogP contribution in [-0.4, -0.2) is 21.3 Å². The average molecular weight is 173 g/mol. The Hall–Kier alpha value is 0.137. The van der Waals surface area contributed by atoms with E-state index in [4.69, 9.17) is 10.2 Å². The first-order valence-electron chi connectivity index (χ1n) is 4.59. The lowest BCUT2D eigenvalue weighted by Crippen LogP contribution is -2.46. The highest BCUT2D eigenvalue weighted by Gasteiger charge is 2.25. The van der Waals surface area contributed by atoms with E-state index in [0.29, 0.717) is 11.6 Å². The van der Waals surface area contributed by atoms with Crippen molar-refractivity contribution in [2.45, 2.75) is 38.4 Å². The van der Waals surface area contributed by atoms with Crippen LogP contribution in [0.3, 0.4) is 0 Å². The second-order valence-corrected chi connectivity index (χ2v) is 6.48. The Morgan fingerprint density at radius 2 is 2.09 bits per heavy atom. The molecule has 2 N–H and O–H groups in total. The molecule has 0 bridgehead atoms. The fraction of sp³-hybridized carbons (Fsp3) is 1.00. The molecule has 1 aliphatic rings. The summed E-state index contributed by atoms with van der Waals surface area (Å²) in [5.74, 6) is 0.602. The highest BCUT2D eigenvalue weighted by Crippen LogP contribution is 2.16. The lowest BCUT2D eigenvalue weighted by Gasteiger charge is -2.28. The van der Waals surface area contributed by atoms with Gasteiger partial charge in [-0.25, -0.2) is 0 Å². The van der Waals surface area contributed by atoms with Gasteiger partial charge in [-0.1, -0.05) is 20.3 Å². The Bertz CT molecular complexity index is 113. The van der Waals surface area contributed by atoms with E-state index in [0.717, 1.165) is 6.61 Å². The second kappa shape index (κ2) is 4.23. The molecule has 0 amide bonds. The van der Waals surface area contributed by atoms with Gasteiger partial charge in [-0.15, -0.1) is 0 Å². The minimum Gasteiger partial charge on any atom is -0.418 e. The Balaban J connectivity index is 2.32. The molecule has 0 saturated carbocycles. The fourth-order valence-corrected chi connectivity index (χ4v) is 4.29. The normalized spacial score (nSPS) is 28.9. The molecule has 0 aromatic carbocycles. The Labute approximate surface area is 70.8 Å². The van der Waals surface area contributed by atoms with Crippen molar-refractivity contribution in [2.75, 3.05) is 6.61 Å². The van der Waals surface area contributed by atoms with Crippen LogP contribution < -0.4 is 5.73 Å². The van der Waals surface area contributed by atoms with Crippen LogP contribution in [0.15, 0.2) is 0 Å². The molecule has 2 atom stereocenters. The number of rotatable bonds is 2. The van der Waals surface area contributed by atoms with E-state index in [-0.39, 0.29) is 0 Å². The monoisotopic (exact) mass is 173 g/mol. The van der Waals surface area contributed by atoms with Gasteiger partial charge in [0.25, 0.3) is 0 Å². The van der Waals surface area contributed by atoms with Crippen molar-refractivity contribution in [2.24, 2.45) is 11.7 Å². The van der Waals surface area contributed by atoms with Gasteiger partial charge < -0.3 is 10.2 Å². The molecule has 1 saturated heterocycles. The molecule has 0 radical (unpaired) electrons. The summed E-state index contributed by atoms with van der Waals surface area (Å²) >= 11 is 0. The molecule has 1 aliphatic heterocycles. The van der Waals surface area contributed by atoms with Gasteiger partial charge in [0.15, 0.2) is 9.04 Å². The molecule has 11 heavy (non-hydrogen) atoms. The summed E-state index contributed by atoms with van der Waals surface area (Å²) in [6.07, 6.45) is 2.59. The molecule has 1 heterocycles. The molecule has 2 nitrogen and oxygen atoms in total. The van der Waals surface area contributed by atoms with Crippen LogP contribution in [0.1, 0.15) is 26.7 Å². The van der Waals surface area contributed by atoms with Crippen molar-refractivity contribution >= 4 is 9.04 Å². The first kappa shape index (κ1) is 9.23. The first-order valence-corrected chi connectivity index (χ1v) is 6.54. The van der Waals surface area contributed by atoms with Crippen molar-refractivity contribution in [3.63, 3.8) is 0 Å². The van der Waals surface area contributed by atoms with Crippen molar-refractivity contribution < 1.29 is 4.43 Å². The third-order valence-electron chi connectivity index (χ3n) is 2.41. The SMILES string of the molecule is CC(C)C(N)[SiH]1CCCCO1. The van der Waals surface area contributed by atoms with Crippen LogP contribution in [0.25, 0.3) is 0 Å². The summed E-state index contributed by atoms with van der Waals surface area (Å²) in [5, 5.41) is 0. The van der Waals surface area contributed by atoms with E-state index in [1.54, 1.807) is 0 Å². The Kier molecular flexibility index (Phi) is 3.55. The molecule has 0 aromatic heterocycles. The number of hydrogen-bond donors (Lipinski definition) is 1. The summed E-state index contributed by atoms with van der Waals surface area (Å²) in [5.41, 5.74) is 6.40. The third-order valence-corrected chi connectivity index (χ3v) is 5.68. The molecule has 0 aromatic rings. The van der Waals surface area contributed by atoms with Crippen LogP contribution in [0, 0.1) is 5.92 Å². The van der Waals surface area contributed by atoms with Crippen molar-refractivity contribution in [1.29, 1.82) is 0 Å². The molecule has 3 heteroatoms. The maximum atomic E-state index is 6.03. The number of nitrogens with two attached hydrogens (primary N) is 1. The average Bonchev–Trinajstić information content (AvgIpc) is 2.05. The van der Waals surface area contributed by atoms with Crippen LogP contribution >= 0.6 is 0 Å². The standard InChI is InChI=1S/C8H19NOSi/c1-7(2)8(9)11-6-4-3-5-10-11/h7-8,11H,3-6,9H2,1-2H3. The molecular formula is C8H19NOSi. The molecule has 0 aliphatic carbocycles. The van der Waals surface area contributed by atoms with Crippen LogP contribution in [0.5, 0.6) is 0 Å². The van der Waals surface area contributed by atoms with Crippen molar-refractivity contribution in [3.05, 3.63) is 0 Å². The Morgan fingerprint density at radius 1 is 1.36 bits per heavy atom. The zero-order valence-electron chi connectivity index (χ0n) is 7.55. The van der Waals surface area contributed by atoms with E-state index in [2.05, 4.69) is 13.8 Å². The molecular weight excluding hydrogens is 154 g/mol. The molecule has 1 rings (SSSR count). The number of hydrogen-bond acceptors (Lipinski definition) is 2. The van der Waals surface area contributed by atoms with Gasteiger partial charge in [-0.3, -0.25) is 0 Å². The molecule has 1 fully saturated rings. The maximum Gasteiger partial charge on any atom is 0.193 e. The summed E-state index contributed by atoms with van der Waals surface area (Å²) in [6, 6.07) is 1.29. The van der Waals surface area contributed by atoms with E-state index in [1.165, 1.54) is 18.9 Å². The third kappa shape index (κ3) is 2.58. The summed E-state index contributed by atoms with van der Waals surface area (Å²) < 4.78 is 5.71. The maximum absolute atomic E-state index is 6.03. The van der Waals surface area contributed by atoms with E-state index < -0.39 is 9.04 Å². The van der Waals surface area contributed by atoms with E-state index in [9.17, 15) is 0 Å². The second-order valence-electron chi connectivity index (χ2n) is 3.73. The van der Waals surface area contributed by atoms with Crippen LogP contribution in [0.4, 0.5) is 0 Å². The lowest BCUT2D eigenvalue weighted by atomic mass is 10.2. The van der Waals surface area contributed by atoms with Gasteiger partial charge in [-0.05, 0) is 18.4 Å².